The van der Waals surface area contributed by atoms with E-state index in [0.717, 1.165) is 30.8 Å². The van der Waals surface area contributed by atoms with Crippen molar-refractivity contribution in [2.45, 2.75) is 32.7 Å². The summed E-state index contributed by atoms with van der Waals surface area (Å²) in [6.07, 6.45) is 1.83. The first-order chi connectivity index (χ1) is 9.72. The third kappa shape index (κ3) is 3.61. The van der Waals surface area contributed by atoms with Gasteiger partial charge in [-0.2, -0.15) is 0 Å². The van der Waals surface area contributed by atoms with Crippen LogP contribution in [0.1, 0.15) is 36.1 Å². The van der Waals surface area contributed by atoms with Gasteiger partial charge in [0, 0.05) is 11.6 Å². The summed E-state index contributed by atoms with van der Waals surface area (Å²) in [6.45, 7) is 4.96. The van der Waals surface area contributed by atoms with Crippen LogP contribution in [0.4, 0.5) is 0 Å². The molecule has 1 atom stereocenters. The second-order valence-corrected chi connectivity index (χ2v) is 5.12. The van der Waals surface area contributed by atoms with E-state index >= 15 is 0 Å². The Morgan fingerprint density at radius 3 is 2.50 bits per heavy atom. The van der Waals surface area contributed by atoms with E-state index in [-0.39, 0.29) is 6.04 Å². The highest BCUT2D eigenvalue weighted by Crippen LogP contribution is 2.26. The second kappa shape index (κ2) is 7.11. The van der Waals surface area contributed by atoms with E-state index in [0.29, 0.717) is 0 Å². The van der Waals surface area contributed by atoms with Gasteiger partial charge in [0.1, 0.15) is 5.75 Å². The smallest absolute Gasteiger partial charge is 0.124 e. The molecule has 106 valence electrons. The van der Waals surface area contributed by atoms with Gasteiger partial charge in [-0.3, -0.25) is 0 Å². The number of benzene rings is 2. The number of rotatable bonds is 6. The van der Waals surface area contributed by atoms with Crippen LogP contribution in [0, 0.1) is 6.92 Å². The lowest BCUT2D eigenvalue weighted by atomic mass is 9.96. The molecule has 0 aliphatic carbocycles. The Hall–Kier alpha value is -1.80. The maximum absolute atomic E-state index is 6.39. The van der Waals surface area contributed by atoms with Crippen LogP contribution < -0.4 is 10.5 Å². The maximum atomic E-state index is 6.39. The summed E-state index contributed by atoms with van der Waals surface area (Å²) in [5.74, 6) is 0.912. The minimum atomic E-state index is -0.0378. The van der Waals surface area contributed by atoms with Gasteiger partial charge < -0.3 is 10.5 Å². The lowest BCUT2D eigenvalue weighted by Gasteiger charge is -2.17. The van der Waals surface area contributed by atoms with Crippen LogP contribution in [0.3, 0.4) is 0 Å². The molecule has 1 unspecified atom stereocenters. The molecule has 0 heterocycles. The zero-order valence-electron chi connectivity index (χ0n) is 12.3. The lowest BCUT2D eigenvalue weighted by molar-refractivity contribution is 0.312. The van der Waals surface area contributed by atoms with Crippen LogP contribution in [-0.4, -0.2) is 6.61 Å². The number of ether oxygens (including phenoxy) is 1. The van der Waals surface area contributed by atoms with Crippen molar-refractivity contribution in [1.82, 2.24) is 0 Å². The Bertz CT molecular complexity index is 551. The number of hydrogen-bond donors (Lipinski definition) is 1. The van der Waals surface area contributed by atoms with Crippen molar-refractivity contribution in [3.8, 4) is 5.75 Å². The first-order valence-electron chi connectivity index (χ1n) is 7.24. The van der Waals surface area contributed by atoms with Gasteiger partial charge in [0.15, 0.2) is 0 Å². The molecule has 2 rings (SSSR count). The average molecular weight is 269 g/mol. The average Bonchev–Trinajstić information content (AvgIpc) is 2.47. The Morgan fingerprint density at radius 2 is 1.75 bits per heavy atom. The normalized spacial score (nSPS) is 12.2. The molecule has 2 aromatic carbocycles. The van der Waals surface area contributed by atoms with Gasteiger partial charge in [0.2, 0.25) is 0 Å². The predicted molar refractivity (Wildman–Crippen MR) is 84.0 cm³/mol. The molecule has 0 bridgehead atoms. The largest absolute Gasteiger partial charge is 0.493 e. The molecule has 2 N–H and O–H groups in total. The van der Waals surface area contributed by atoms with Gasteiger partial charge in [-0.25, -0.2) is 0 Å². The van der Waals surface area contributed by atoms with E-state index < -0.39 is 0 Å². The van der Waals surface area contributed by atoms with E-state index in [2.05, 4.69) is 44.2 Å². The minimum Gasteiger partial charge on any atom is -0.493 e. The van der Waals surface area contributed by atoms with Crippen molar-refractivity contribution in [1.29, 1.82) is 0 Å². The first kappa shape index (κ1) is 14.6. The summed E-state index contributed by atoms with van der Waals surface area (Å²) < 4.78 is 5.80. The molecule has 0 saturated heterocycles. The van der Waals surface area contributed by atoms with Crippen LogP contribution in [0.2, 0.25) is 0 Å². The van der Waals surface area contributed by atoms with Crippen LogP contribution in [0.5, 0.6) is 5.75 Å². The summed E-state index contributed by atoms with van der Waals surface area (Å²) in [6, 6.07) is 16.4. The highest BCUT2D eigenvalue weighted by molar-refractivity contribution is 5.37. The molecule has 0 aliphatic heterocycles. The molecule has 0 aliphatic rings. The van der Waals surface area contributed by atoms with Gasteiger partial charge in [0.25, 0.3) is 0 Å². The quantitative estimate of drug-likeness (QED) is 0.859. The van der Waals surface area contributed by atoms with Crippen LogP contribution in [-0.2, 0) is 6.42 Å². The maximum Gasteiger partial charge on any atom is 0.124 e. The van der Waals surface area contributed by atoms with Crippen molar-refractivity contribution < 1.29 is 4.74 Å². The molecule has 0 radical (unpaired) electrons. The van der Waals surface area contributed by atoms with E-state index in [9.17, 15) is 0 Å². The van der Waals surface area contributed by atoms with Gasteiger partial charge in [-0.1, -0.05) is 49.4 Å². The molecular weight excluding hydrogens is 246 g/mol. The second-order valence-electron chi connectivity index (χ2n) is 5.12. The highest BCUT2D eigenvalue weighted by Gasteiger charge is 2.13. The van der Waals surface area contributed by atoms with Crippen molar-refractivity contribution in [2.24, 2.45) is 5.73 Å². The Balaban J connectivity index is 2.16. The van der Waals surface area contributed by atoms with Gasteiger partial charge in [-0.15, -0.1) is 0 Å². The zero-order chi connectivity index (χ0) is 14.4. The Kier molecular flexibility index (Phi) is 5.19. The molecule has 0 spiro atoms. The summed E-state index contributed by atoms with van der Waals surface area (Å²) in [7, 11) is 0. The van der Waals surface area contributed by atoms with Crippen LogP contribution in [0.25, 0.3) is 0 Å². The van der Waals surface area contributed by atoms with Gasteiger partial charge in [0.05, 0.1) is 6.61 Å². The summed E-state index contributed by atoms with van der Waals surface area (Å²) in [4.78, 5) is 0. The van der Waals surface area contributed by atoms with Crippen molar-refractivity contribution in [3.05, 3.63) is 65.2 Å². The highest BCUT2D eigenvalue weighted by atomic mass is 16.5. The molecule has 0 saturated carbocycles. The molecule has 0 amide bonds. The zero-order valence-corrected chi connectivity index (χ0v) is 12.3. The predicted octanol–water partition coefficient (Wildman–Crippen LogP) is 4.03. The monoisotopic (exact) mass is 269 g/mol. The van der Waals surface area contributed by atoms with Gasteiger partial charge >= 0.3 is 0 Å². The fourth-order valence-electron chi connectivity index (χ4n) is 2.32. The third-order valence-electron chi connectivity index (χ3n) is 3.48. The molecule has 20 heavy (non-hydrogen) atoms. The van der Waals surface area contributed by atoms with Crippen molar-refractivity contribution in [3.63, 3.8) is 0 Å². The molecule has 0 aromatic heterocycles. The summed E-state index contributed by atoms with van der Waals surface area (Å²) >= 11 is 0. The molecule has 2 nitrogen and oxygen atoms in total. The summed E-state index contributed by atoms with van der Waals surface area (Å²) in [5.41, 5.74) is 10.1. The Morgan fingerprint density at radius 1 is 1.05 bits per heavy atom. The number of aryl methyl sites for hydroxylation is 1. The van der Waals surface area contributed by atoms with Crippen molar-refractivity contribution >= 4 is 0 Å². The molecule has 2 heteroatoms. The summed E-state index contributed by atoms with van der Waals surface area (Å²) in [5, 5.41) is 0. The van der Waals surface area contributed by atoms with E-state index in [1.165, 1.54) is 11.1 Å². The molecule has 2 aromatic rings. The minimum absolute atomic E-state index is 0.0378. The van der Waals surface area contributed by atoms with E-state index in [1.807, 2.05) is 18.2 Å². The van der Waals surface area contributed by atoms with E-state index in [1.54, 1.807) is 0 Å². The molecule has 0 fully saturated rings. The fourth-order valence-corrected chi connectivity index (χ4v) is 2.32. The fraction of sp³-hybridized carbons (Fsp3) is 0.333. The number of nitrogens with two attached hydrogens (primary N) is 1. The van der Waals surface area contributed by atoms with E-state index in [4.69, 9.17) is 10.5 Å². The van der Waals surface area contributed by atoms with Crippen LogP contribution >= 0.6 is 0 Å². The van der Waals surface area contributed by atoms with Gasteiger partial charge in [-0.05, 0) is 37.0 Å². The first-order valence-corrected chi connectivity index (χ1v) is 7.24. The molecular formula is C18H23NO. The number of para-hydroxylation sites is 1. The number of hydrogen-bond acceptors (Lipinski definition) is 2. The standard InChI is InChI=1S/C18H23NO/c1-3-12-20-18-11-7-6-10-16(18)17(19)13-15-9-5-4-8-14(15)2/h4-11,17H,3,12-13,19H2,1-2H3. The van der Waals surface area contributed by atoms with Crippen molar-refractivity contribution in [2.75, 3.05) is 6.61 Å². The lowest BCUT2D eigenvalue weighted by Crippen LogP contribution is -2.15. The topological polar surface area (TPSA) is 35.2 Å². The Labute approximate surface area is 121 Å². The SMILES string of the molecule is CCCOc1ccccc1C(N)Cc1ccccc1C. The van der Waals surface area contributed by atoms with Crippen LogP contribution in [0.15, 0.2) is 48.5 Å². The third-order valence-corrected chi connectivity index (χ3v) is 3.48.